The third-order valence-corrected chi connectivity index (χ3v) is 4.10. The van der Waals surface area contributed by atoms with Gasteiger partial charge >= 0.3 is 0 Å². The van der Waals surface area contributed by atoms with E-state index >= 15 is 0 Å². The van der Waals surface area contributed by atoms with Crippen molar-refractivity contribution in [1.29, 1.82) is 0 Å². The molecule has 2 aromatic heterocycles. The summed E-state index contributed by atoms with van der Waals surface area (Å²) in [6.07, 6.45) is 3.08. The van der Waals surface area contributed by atoms with Crippen LogP contribution in [-0.2, 0) is 19.4 Å². The van der Waals surface area contributed by atoms with Crippen molar-refractivity contribution in [3.8, 4) is 0 Å². The molecule has 2 aromatic rings. The molecule has 0 radical (unpaired) electrons. The van der Waals surface area contributed by atoms with Crippen molar-refractivity contribution < 1.29 is 4.79 Å². The standard InChI is InChI=1S/C15H21N5O/c1-9-4-5-13-12(6-9)14(19-18-13)15(21)20(3)8-11-7-10(2)16-17-11/h7,9H,4-6,8H2,1-3H3,(H,16,17)(H,18,19). The van der Waals surface area contributed by atoms with Gasteiger partial charge in [0.1, 0.15) is 0 Å². The van der Waals surface area contributed by atoms with Gasteiger partial charge in [-0.1, -0.05) is 6.92 Å². The first kappa shape index (κ1) is 13.9. The van der Waals surface area contributed by atoms with Gasteiger partial charge in [0.15, 0.2) is 5.69 Å². The SMILES string of the molecule is Cc1cc(CN(C)C(=O)c2n[nH]c3c2CC(C)CC3)n[nH]1. The van der Waals surface area contributed by atoms with Gasteiger partial charge in [0, 0.05) is 24.0 Å². The van der Waals surface area contributed by atoms with E-state index < -0.39 is 0 Å². The average Bonchev–Trinajstić information content (AvgIpc) is 3.04. The van der Waals surface area contributed by atoms with Crippen molar-refractivity contribution in [2.75, 3.05) is 7.05 Å². The summed E-state index contributed by atoms with van der Waals surface area (Å²) >= 11 is 0. The fraction of sp³-hybridized carbons (Fsp3) is 0.533. The number of carbonyl (C=O) groups is 1. The highest BCUT2D eigenvalue weighted by Gasteiger charge is 2.26. The van der Waals surface area contributed by atoms with Gasteiger partial charge in [-0.3, -0.25) is 15.0 Å². The molecule has 0 aliphatic heterocycles. The van der Waals surface area contributed by atoms with Gasteiger partial charge in [-0.15, -0.1) is 0 Å². The highest BCUT2D eigenvalue weighted by atomic mass is 16.2. The number of aromatic amines is 2. The number of rotatable bonds is 3. The van der Waals surface area contributed by atoms with Crippen LogP contribution in [-0.4, -0.2) is 38.2 Å². The lowest BCUT2D eigenvalue weighted by Gasteiger charge is -2.20. The van der Waals surface area contributed by atoms with Crippen molar-refractivity contribution in [1.82, 2.24) is 25.3 Å². The Bertz CT molecular complexity index is 657. The first-order valence-corrected chi connectivity index (χ1v) is 7.37. The largest absolute Gasteiger partial charge is 0.334 e. The van der Waals surface area contributed by atoms with E-state index in [-0.39, 0.29) is 5.91 Å². The fourth-order valence-corrected chi connectivity index (χ4v) is 2.90. The molecule has 112 valence electrons. The van der Waals surface area contributed by atoms with Gasteiger partial charge in [-0.2, -0.15) is 10.2 Å². The molecular formula is C15H21N5O. The third kappa shape index (κ3) is 2.70. The van der Waals surface area contributed by atoms with Gasteiger partial charge in [-0.25, -0.2) is 0 Å². The molecule has 0 bridgehead atoms. The van der Waals surface area contributed by atoms with Crippen LogP contribution >= 0.6 is 0 Å². The molecule has 1 aliphatic rings. The minimum Gasteiger partial charge on any atom is -0.334 e. The monoisotopic (exact) mass is 287 g/mol. The van der Waals surface area contributed by atoms with Gasteiger partial charge in [-0.05, 0) is 38.2 Å². The molecule has 0 saturated heterocycles. The van der Waals surface area contributed by atoms with Crippen LogP contribution in [0.3, 0.4) is 0 Å². The second-order valence-corrected chi connectivity index (χ2v) is 6.08. The maximum absolute atomic E-state index is 12.6. The number of H-pyrrole nitrogens is 2. The van der Waals surface area contributed by atoms with Crippen molar-refractivity contribution in [3.05, 3.63) is 34.4 Å². The summed E-state index contributed by atoms with van der Waals surface area (Å²) in [4.78, 5) is 14.3. The highest BCUT2D eigenvalue weighted by molar-refractivity contribution is 5.93. The number of nitrogens with one attached hydrogen (secondary N) is 2. The Morgan fingerprint density at radius 3 is 2.95 bits per heavy atom. The van der Waals surface area contributed by atoms with E-state index in [0.29, 0.717) is 18.2 Å². The van der Waals surface area contributed by atoms with E-state index in [2.05, 4.69) is 27.3 Å². The topological polar surface area (TPSA) is 77.7 Å². The summed E-state index contributed by atoms with van der Waals surface area (Å²) in [6, 6.07) is 1.95. The van der Waals surface area contributed by atoms with Crippen LogP contribution in [0.15, 0.2) is 6.07 Å². The van der Waals surface area contributed by atoms with Crippen molar-refractivity contribution in [2.24, 2.45) is 5.92 Å². The van der Waals surface area contributed by atoms with Crippen molar-refractivity contribution in [3.63, 3.8) is 0 Å². The Balaban J connectivity index is 1.77. The first-order valence-electron chi connectivity index (χ1n) is 7.37. The second-order valence-electron chi connectivity index (χ2n) is 6.08. The number of aromatic nitrogens is 4. The quantitative estimate of drug-likeness (QED) is 0.904. The smallest absolute Gasteiger partial charge is 0.274 e. The summed E-state index contributed by atoms with van der Waals surface area (Å²) in [5.74, 6) is 0.572. The van der Waals surface area contributed by atoms with Gasteiger partial charge in [0.2, 0.25) is 0 Å². The molecule has 1 amide bonds. The molecule has 1 aliphatic carbocycles. The number of hydrogen-bond acceptors (Lipinski definition) is 3. The Hall–Kier alpha value is -2.11. The molecule has 0 saturated carbocycles. The van der Waals surface area contributed by atoms with E-state index in [0.717, 1.165) is 41.9 Å². The lowest BCUT2D eigenvalue weighted by Crippen LogP contribution is -2.28. The lowest BCUT2D eigenvalue weighted by molar-refractivity contribution is 0.0776. The minimum absolute atomic E-state index is 0.0396. The number of nitrogens with zero attached hydrogens (tertiary/aromatic N) is 3. The lowest BCUT2D eigenvalue weighted by atomic mass is 9.87. The summed E-state index contributed by atoms with van der Waals surface area (Å²) in [6.45, 7) is 4.66. The fourth-order valence-electron chi connectivity index (χ4n) is 2.90. The highest BCUT2D eigenvalue weighted by Crippen LogP contribution is 2.26. The Morgan fingerprint density at radius 2 is 2.24 bits per heavy atom. The summed E-state index contributed by atoms with van der Waals surface area (Å²) in [5, 5.41) is 14.4. The number of fused-ring (bicyclic) bond motifs is 1. The Morgan fingerprint density at radius 1 is 1.43 bits per heavy atom. The number of carbonyl (C=O) groups excluding carboxylic acids is 1. The van der Waals surface area contributed by atoms with Crippen molar-refractivity contribution in [2.45, 2.75) is 39.7 Å². The van der Waals surface area contributed by atoms with Crippen LogP contribution in [0.4, 0.5) is 0 Å². The predicted molar refractivity (Wildman–Crippen MR) is 78.9 cm³/mol. The van der Waals surface area contributed by atoms with Crippen LogP contribution in [0.2, 0.25) is 0 Å². The molecule has 6 heteroatoms. The number of amides is 1. The van der Waals surface area contributed by atoms with Crippen LogP contribution < -0.4 is 0 Å². The summed E-state index contributed by atoms with van der Waals surface area (Å²) in [7, 11) is 1.79. The molecule has 2 N–H and O–H groups in total. The Kier molecular flexibility index (Phi) is 3.53. The zero-order valence-corrected chi connectivity index (χ0v) is 12.7. The zero-order valence-electron chi connectivity index (χ0n) is 12.7. The summed E-state index contributed by atoms with van der Waals surface area (Å²) in [5.41, 5.74) is 4.66. The van der Waals surface area contributed by atoms with E-state index in [1.165, 1.54) is 0 Å². The molecular weight excluding hydrogens is 266 g/mol. The van der Waals surface area contributed by atoms with Crippen molar-refractivity contribution >= 4 is 5.91 Å². The number of hydrogen-bond donors (Lipinski definition) is 2. The first-order chi connectivity index (χ1) is 10.0. The molecule has 0 fully saturated rings. The van der Waals surface area contributed by atoms with Gasteiger partial charge < -0.3 is 4.90 Å². The molecule has 1 unspecified atom stereocenters. The van der Waals surface area contributed by atoms with Crippen LogP contribution in [0.1, 0.15) is 46.5 Å². The number of aryl methyl sites for hydroxylation is 2. The molecule has 6 nitrogen and oxygen atoms in total. The third-order valence-electron chi connectivity index (χ3n) is 4.10. The normalized spacial score (nSPS) is 17.6. The minimum atomic E-state index is -0.0396. The van der Waals surface area contributed by atoms with Gasteiger partial charge in [0.25, 0.3) is 5.91 Å². The molecule has 3 rings (SSSR count). The van der Waals surface area contributed by atoms with Crippen LogP contribution in [0.25, 0.3) is 0 Å². The summed E-state index contributed by atoms with van der Waals surface area (Å²) < 4.78 is 0. The molecule has 21 heavy (non-hydrogen) atoms. The maximum Gasteiger partial charge on any atom is 0.274 e. The molecule has 0 aromatic carbocycles. The molecule has 0 spiro atoms. The average molecular weight is 287 g/mol. The second kappa shape index (κ2) is 5.35. The van der Waals surface area contributed by atoms with E-state index in [9.17, 15) is 4.79 Å². The zero-order chi connectivity index (χ0) is 15.0. The molecule has 1 atom stereocenters. The van der Waals surface area contributed by atoms with Crippen LogP contribution in [0.5, 0.6) is 0 Å². The van der Waals surface area contributed by atoms with E-state index in [1.54, 1.807) is 11.9 Å². The van der Waals surface area contributed by atoms with Gasteiger partial charge in [0.05, 0.1) is 12.2 Å². The maximum atomic E-state index is 12.6. The predicted octanol–water partition coefficient (Wildman–Crippen LogP) is 1.84. The molecule has 2 heterocycles. The Labute approximate surface area is 123 Å². The van der Waals surface area contributed by atoms with Crippen LogP contribution in [0, 0.1) is 12.8 Å². The van der Waals surface area contributed by atoms with E-state index in [1.807, 2.05) is 13.0 Å². The van der Waals surface area contributed by atoms with E-state index in [4.69, 9.17) is 0 Å².